The molecule has 8 atom stereocenters. The molecule has 1 saturated heterocycles. The fourth-order valence-corrected chi connectivity index (χ4v) is 8.94. The zero-order valence-corrected chi connectivity index (χ0v) is 23.2. The molecule has 0 aromatic rings. The van der Waals surface area contributed by atoms with Crippen LogP contribution in [0.1, 0.15) is 106 Å². The van der Waals surface area contributed by atoms with E-state index in [0.717, 1.165) is 50.5 Å². The first-order valence-corrected chi connectivity index (χ1v) is 14.0. The highest BCUT2D eigenvalue weighted by Gasteiger charge is 2.58. The number of aliphatic hydroxyl groups excluding tert-OH is 1. The van der Waals surface area contributed by atoms with E-state index in [2.05, 4.69) is 26.8 Å². The molecular formula is C30H50O5. The third-order valence-corrected chi connectivity index (χ3v) is 11.3. The third-order valence-electron chi connectivity index (χ3n) is 11.3. The number of fused-ring (bicyclic) bond motifs is 2. The summed E-state index contributed by atoms with van der Waals surface area (Å²) in [7, 11) is 0. The molecule has 200 valence electrons. The molecule has 4 aliphatic rings. The van der Waals surface area contributed by atoms with Crippen molar-refractivity contribution in [2.45, 2.75) is 129 Å². The third kappa shape index (κ3) is 4.57. The molecule has 0 aromatic carbocycles. The average Bonchev–Trinajstić information content (AvgIpc) is 2.96. The lowest BCUT2D eigenvalue weighted by atomic mass is 9.55. The molecule has 3 fully saturated rings. The van der Waals surface area contributed by atoms with E-state index in [0.29, 0.717) is 18.8 Å². The van der Waals surface area contributed by atoms with E-state index in [1.807, 2.05) is 27.7 Å². The van der Waals surface area contributed by atoms with Crippen LogP contribution >= 0.6 is 0 Å². The highest BCUT2D eigenvalue weighted by molar-refractivity contribution is 5.86. The van der Waals surface area contributed by atoms with Crippen LogP contribution in [-0.4, -0.2) is 50.6 Å². The number of Topliss-reactive ketones (excluding diaryl/α,β-unsaturated/α-hetero) is 1. The number of rotatable bonds is 4. The van der Waals surface area contributed by atoms with Gasteiger partial charge < -0.3 is 20.1 Å². The van der Waals surface area contributed by atoms with Gasteiger partial charge >= 0.3 is 0 Å². The summed E-state index contributed by atoms with van der Waals surface area (Å²) < 4.78 is 6.48. The molecule has 0 bridgehead atoms. The zero-order valence-electron chi connectivity index (χ0n) is 23.2. The maximum Gasteiger partial charge on any atom is 0.164 e. The summed E-state index contributed by atoms with van der Waals surface area (Å²) in [5.74, 6) is 0.976. The second-order valence-electron chi connectivity index (χ2n) is 14.2. The summed E-state index contributed by atoms with van der Waals surface area (Å²) in [5, 5.41) is 33.1. The minimum Gasteiger partial charge on any atom is -0.392 e. The van der Waals surface area contributed by atoms with Crippen LogP contribution in [0.4, 0.5) is 0 Å². The SMILES string of the molecule is CC1(C)O[C@@H]2CC[C@](C)(O)[C@H](CCC3C(CO)=CCC4C(CC[C@@]4(C)O)C3(C)C)[C@@]2(C)CCC1=O. The first-order valence-electron chi connectivity index (χ1n) is 14.0. The van der Waals surface area contributed by atoms with Crippen molar-refractivity contribution in [2.24, 2.45) is 34.5 Å². The summed E-state index contributed by atoms with van der Waals surface area (Å²) in [4.78, 5) is 12.8. The number of aliphatic hydroxyl groups is 3. The minimum atomic E-state index is -0.816. The predicted octanol–water partition coefficient (Wildman–Crippen LogP) is 5.20. The van der Waals surface area contributed by atoms with Gasteiger partial charge in [-0.1, -0.05) is 26.8 Å². The van der Waals surface area contributed by atoms with Gasteiger partial charge in [0.25, 0.3) is 0 Å². The molecule has 0 aromatic heterocycles. The van der Waals surface area contributed by atoms with E-state index in [1.165, 1.54) is 0 Å². The molecule has 2 saturated carbocycles. The van der Waals surface area contributed by atoms with Crippen molar-refractivity contribution in [1.82, 2.24) is 0 Å². The molecule has 1 heterocycles. The fraction of sp³-hybridized carbons (Fsp3) is 0.900. The van der Waals surface area contributed by atoms with Crippen LogP contribution in [0.5, 0.6) is 0 Å². The Kier molecular flexibility index (Phi) is 6.96. The summed E-state index contributed by atoms with van der Waals surface area (Å²) in [6, 6.07) is 0. The number of ether oxygens (including phenoxy) is 1. The molecule has 5 heteroatoms. The maximum absolute atomic E-state index is 12.8. The van der Waals surface area contributed by atoms with Crippen molar-refractivity contribution in [3.05, 3.63) is 11.6 Å². The highest BCUT2D eigenvalue weighted by Crippen LogP contribution is 2.59. The summed E-state index contributed by atoms with van der Waals surface area (Å²) >= 11 is 0. The van der Waals surface area contributed by atoms with Crippen LogP contribution in [0.25, 0.3) is 0 Å². The second-order valence-corrected chi connectivity index (χ2v) is 14.2. The van der Waals surface area contributed by atoms with Crippen LogP contribution < -0.4 is 0 Å². The number of carbonyl (C=O) groups is 1. The first-order chi connectivity index (χ1) is 16.1. The molecule has 3 N–H and O–H groups in total. The van der Waals surface area contributed by atoms with Gasteiger partial charge in [0, 0.05) is 6.42 Å². The van der Waals surface area contributed by atoms with Crippen molar-refractivity contribution in [3.63, 3.8) is 0 Å². The molecule has 3 aliphatic carbocycles. The Labute approximate surface area is 212 Å². The molecule has 5 nitrogen and oxygen atoms in total. The van der Waals surface area contributed by atoms with Gasteiger partial charge in [-0.25, -0.2) is 0 Å². The van der Waals surface area contributed by atoms with Crippen molar-refractivity contribution in [2.75, 3.05) is 6.61 Å². The van der Waals surface area contributed by atoms with Crippen LogP contribution in [0.15, 0.2) is 11.6 Å². The van der Waals surface area contributed by atoms with Crippen molar-refractivity contribution in [3.8, 4) is 0 Å². The van der Waals surface area contributed by atoms with E-state index < -0.39 is 16.8 Å². The van der Waals surface area contributed by atoms with Gasteiger partial charge in [-0.2, -0.15) is 0 Å². The lowest BCUT2D eigenvalue weighted by Gasteiger charge is -2.54. The summed E-state index contributed by atoms with van der Waals surface area (Å²) in [5.41, 5.74) is -1.49. The van der Waals surface area contributed by atoms with Gasteiger partial charge in [0.1, 0.15) is 5.60 Å². The number of carbonyl (C=O) groups excluding carboxylic acids is 1. The molecule has 0 radical (unpaired) electrons. The minimum absolute atomic E-state index is 0.0110. The van der Waals surface area contributed by atoms with E-state index in [9.17, 15) is 20.1 Å². The van der Waals surface area contributed by atoms with Crippen molar-refractivity contribution in [1.29, 1.82) is 0 Å². The standard InChI is InChI=1S/C30H50O5/c1-26(2)20(19(18-31)8-9-22-21(26)12-16-29(22,6)33)10-11-23-28(5)15-13-24(32)27(3,4)35-25(28)14-17-30(23,7)34/h8,20-23,25,31,33-34H,9-18H2,1-7H3/t20?,21?,22?,23-,25-,28-,29-,30+/m1/s1. The quantitative estimate of drug-likeness (QED) is 0.471. The molecule has 0 amide bonds. The van der Waals surface area contributed by atoms with Gasteiger partial charge in [0.15, 0.2) is 5.78 Å². The van der Waals surface area contributed by atoms with E-state index >= 15 is 0 Å². The Morgan fingerprint density at radius 3 is 2.23 bits per heavy atom. The molecule has 4 rings (SSSR count). The fourth-order valence-electron chi connectivity index (χ4n) is 8.94. The Morgan fingerprint density at radius 2 is 1.57 bits per heavy atom. The van der Waals surface area contributed by atoms with Crippen molar-refractivity contribution >= 4 is 5.78 Å². The van der Waals surface area contributed by atoms with Crippen LogP contribution in [0.3, 0.4) is 0 Å². The molecule has 0 spiro atoms. The number of hydrogen-bond acceptors (Lipinski definition) is 5. The molecule has 1 aliphatic heterocycles. The zero-order chi connectivity index (χ0) is 26.0. The molecule has 3 unspecified atom stereocenters. The Morgan fingerprint density at radius 1 is 0.914 bits per heavy atom. The van der Waals surface area contributed by atoms with Gasteiger partial charge in [-0.05, 0) is 119 Å². The number of hydrogen-bond donors (Lipinski definition) is 3. The van der Waals surface area contributed by atoms with Crippen LogP contribution in [-0.2, 0) is 9.53 Å². The highest BCUT2D eigenvalue weighted by atomic mass is 16.5. The van der Waals surface area contributed by atoms with E-state index in [4.69, 9.17) is 4.74 Å². The average molecular weight is 491 g/mol. The monoisotopic (exact) mass is 490 g/mol. The summed E-state index contributed by atoms with van der Waals surface area (Å²) in [6.07, 6.45) is 9.21. The normalized spacial score (nSPS) is 47.3. The lowest BCUT2D eigenvalue weighted by molar-refractivity contribution is -0.196. The van der Waals surface area contributed by atoms with Gasteiger partial charge in [-0.15, -0.1) is 0 Å². The lowest BCUT2D eigenvalue weighted by Crippen LogP contribution is -2.56. The Hall–Kier alpha value is -0.750. The van der Waals surface area contributed by atoms with Gasteiger partial charge in [-0.3, -0.25) is 4.79 Å². The summed E-state index contributed by atoms with van der Waals surface area (Å²) in [6.45, 7) is 14.7. The van der Waals surface area contributed by atoms with Crippen LogP contribution in [0, 0.1) is 34.5 Å². The van der Waals surface area contributed by atoms with E-state index in [1.54, 1.807) is 0 Å². The number of ketones is 1. The van der Waals surface area contributed by atoms with Gasteiger partial charge in [0.2, 0.25) is 0 Å². The Balaban J connectivity index is 1.62. The first kappa shape index (κ1) is 27.3. The predicted molar refractivity (Wildman–Crippen MR) is 138 cm³/mol. The molecule has 35 heavy (non-hydrogen) atoms. The van der Waals surface area contributed by atoms with E-state index in [-0.39, 0.29) is 47.1 Å². The second kappa shape index (κ2) is 8.92. The molecular weight excluding hydrogens is 440 g/mol. The van der Waals surface area contributed by atoms with Crippen LogP contribution in [0.2, 0.25) is 0 Å². The van der Waals surface area contributed by atoms with Gasteiger partial charge in [0.05, 0.1) is 23.9 Å². The number of allylic oxidation sites excluding steroid dienone is 1. The Bertz CT molecular complexity index is 853. The smallest absolute Gasteiger partial charge is 0.164 e. The maximum atomic E-state index is 12.8. The topological polar surface area (TPSA) is 87.0 Å². The largest absolute Gasteiger partial charge is 0.392 e. The van der Waals surface area contributed by atoms with Crippen molar-refractivity contribution < 1.29 is 24.9 Å².